The first kappa shape index (κ1) is 16.2. The van der Waals surface area contributed by atoms with Gasteiger partial charge < -0.3 is 24.4 Å². The second-order valence-electron chi connectivity index (χ2n) is 4.44. The van der Waals surface area contributed by atoms with Gasteiger partial charge in [-0.3, -0.25) is 0 Å². The van der Waals surface area contributed by atoms with E-state index in [2.05, 4.69) is 4.74 Å². The summed E-state index contributed by atoms with van der Waals surface area (Å²) in [6.07, 6.45) is 0. The third kappa shape index (κ3) is 3.52. The van der Waals surface area contributed by atoms with E-state index >= 15 is 0 Å². The van der Waals surface area contributed by atoms with Crippen LogP contribution in [0.4, 0.5) is 0 Å². The summed E-state index contributed by atoms with van der Waals surface area (Å²) in [4.78, 5) is 23.9. The number of phenols is 2. The number of phenolic OH excluding ortho intramolecular Hbond substituents is 2. The average Bonchev–Trinajstić information content (AvgIpc) is 2.54. The molecule has 0 aliphatic carbocycles. The number of benzene rings is 2. The van der Waals surface area contributed by atoms with Gasteiger partial charge in [-0.15, -0.1) is 0 Å². The quantitative estimate of drug-likeness (QED) is 0.657. The van der Waals surface area contributed by atoms with Gasteiger partial charge in [-0.1, -0.05) is 0 Å². The number of hydrogen-bond donors (Lipinski definition) is 2. The predicted molar refractivity (Wildman–Crippen MR) is 79.1 cm³/mol. The van der Waals surface area contributed by atoms with Crippen LogP contribution in [0.1, 0.15) is 20.7 Å². The molecule has 0 aliphatic rings. The van der Waals surface area contributed by atoms with E-state index in [1.54, 1.807) is 0 Å². The highest BCUT2D eigenvalue weighted by atomic mass is 16.6. The van der Waals surface area contributed by atoms with Crippen molar-refractivity contribution >= 4 is 11.9 Å². The van der Waals surface area contributed by atoms with Crippen molar-refractivity contribution in [3.63, 3.8) is 0 Å². The Labute approximate surface area is 131 Å². The van der Waals surface area contributed by atoms with Crippen molar-refractivity contribution in [3.05, 3.63) is 47.5 Å². The first-order valence-electron chi connectivity index (χ1n) is 6.46. The lowest BCUT2D eigenvalue weighted by atomic mass is 10.2. The van der Waals surface area contributed by atoms with Gasteiger partial charge in [0.1, 0.15) is 34.1 Å². The number of ether oxygens (including phenoxy) is 3. The van der Waals surface area contributed by atoms with Crippen LogP contribution >= 0.6 is 0 Å². The Morgan fingerprint density at radius 2 is 1.17 bits per heavy atom. The Morgan fingerprint density at radius 1 is 0.783 bits per heavy atom. The minimum Gasteiger partial charge on any atom is -0.507 e. The molecular weight excluding hydrogens is 304 g/mol. The summed E-state index contributed by atoms with van der Waals surface area (Å²) in [7, 11) is 2.81. The smallest absolute Gasteiger partial charge is 0.349 e. The zero-order valence-corrected chi connectivity index (χ0v) is 12.4. The number of carbonyl (C=O) groups excluding carboxylic acids is 2. The summed E-state index contributed by atoms with van der Waals surface area (Å²) in [6.45, 7) is 0. The molecule has 2 aromatic carbocycles. The lowest BCUT2D eigenvalue weighted by Gasteiger charge is -2.08. The number of rotatable bonds is 4. The fourth-order valence-electron chi connectivity index (χ4n) is 1.82. The van der Waals surface area contributed by atoms with Crippen molar-refractivity contribution in [3.8, 4) is 23.0 Å². The third-order valence-electron chi connectivity index (χ3n) is 3.04. The van der Waals surface area contributed by atoms with Gasteiger partial charge in [0.2, 0.25) is 0 Å². The fourth-order valence-corrected chi connectivity index (χ4v) is 1.82. The predicted octanol–water partition coefficient (Wildman–Crippen LogP) is 2.11. The molecule has 2 rings (SSSR count). The van der Waals surface area contributed by atoms with Gasteiger partial charge in [0.25, 0.3) is 0 Å². The highest BCUT2D eigenvalue weighted by Crippen LogP contribution is 2.26. The van der Waals surface area contributed by atoms with Gasteiger partial charge >= 0.3 is 11.9 Å². The number of methoxy groups -OCH3 is 2. The Kier molecular flexibility index (Phi) is 4.70. The second kappa shape index (κ2) is 6.69. The Bertz CT molecular complexity index is 689. The van der Waals surface area contributed by atoms with Crippen LogP contribution < -0.4 is 9.47 Å². The second-order valence-corrected chi connectivity index (χ2v) is 4.44. The molecule has 0 aromatic heterocycles. The molecule has 2 aromatic rings. The van der Waals surface area contributed by atoms with Gasteiger partial charge in [-0.2, -0.15) is 0 Å². The van der Waals surface area contributed by atoms with Crippen molar-refractivity contribution in [2.24, 2.45) is 0 Å². The summed E-state index contributed by atoms with van der Waals surface area (Å²) in [5, 5.41) is 19.5. The topological polar surface area (TPSA) is 102 Å². The summed E-state index contributed by atoms with van der Waals surface area (Å²) in [6, 6.07) is 7.82. The molecule has 23 heavy (non-hydrogen) atoms. The summed E-state index contributed by atoms with van der Waals surface area (Å²) < 4.78 is 14.4. The van der Waals surface area contributed by atoms with Gasteiger partial charge in [-0.25, -0.2) is 9.59 Å². The molecule has 0 amide bonds. The van der Waals surface area contributed by atoms with E-state index in [1.807, 2.05) is 0 Å². The van der Waals surface area contributed by atoms with Crippen LogP contribution in [0.25, 0.3) is 0 Å². The maximum absolute atomic E-state index is 11.9. The molecule has 0 heterocycles. The van der Waals surface area contributed by atoms with Gasteiger partial charge in [-0.05, 0) is 24.3 Å². The van der Waals surface area contributed by atoms with Crippen LogP contribution in [0.5, 0.6) is 23.0 Å². The van der Waals surface area contributed by atoms with Gasteiger partial charge in [0, 0.05) is 12.1 Å². The number of aromatic hydroxyl groups is 2. The van der Waals surface area contributed by atoms with Crippen LogP contribution in [0.2, 0.25) is 0 Å². The summed E-state index contributed by atoms with van der Waals surface area (Å²) >= 11 is 0. The molecule has 7 heteroatoms. The van der Waals surface area contributed by atoms with Crippen LogP contribution in [0.15, 0.2) is 36.4 Å². The minimum absolute atomic E-state index is 0.202. The van der Waals surface area contributed by atoms with E-state index in [1.165, 1.54) is 50.6 Å². The monoisotopic (exact) mass is 318 g/mol. The summed E-state index contributed by atoms with van der Waals surface area (Å²) in [5.74, 6) is -2.19. The molecular formula is C16H14O7. The van der Waals surface area contributed by atoms with Crippen LogP contribution in [0.3, 0.4) is 0 Å². The fraction of sp³-hybridized carbons (Fsp3) is 0.125. The van der Waals surface area contributed by atoms with Gasteiger partial charge in [0.05, 0.1) is 14.2 Å². The highest BCUT2D eigenvalue weighted by molar-refractivity contribution is 6.04. The van der Waals surface area contributed by atoms with Crippen molar-refractivity contribution in [1.29, 1.82) is 0 Å². The van der Waals surface area contributed by atoms with Crippen molar-refractivity contribution in [2.75, 3.05) is 14.2 Å². The molecule has 2 N–H and O–H groups in total. The molecule has 0 radical (unpaired) electrons. The molecule has 0 bridgehead atoms. The largest absolute Gasteiger partial charge is 0.507 e. The first-order chi connectivity index (χ1) is 11.0. The van der Waals surface area contributed by atoms with E-state index in [0.717, 1.165) is 0 Å². The number of carbonyl (C=O) groups is 2. The highest BCUT2D eigenvalue weighted by Gasteiger charge is 2.21. The van der Waals surface area contributed by atoms with E-state index < -0.39 is 11.9 Å². The van der Waals surface area contributed by atoms with Crippen molar-refractivity contribution in [2.45, 2.75) is 0 Å². The van der Waals surface area contributed by atoms with Crippen molar-refractivity contribution < 1.29 is 34.0 Å². The Balaban J connectivity index is 2.18. The maximum atomic E-state index is 11.9. The molecule has 0 fully saturated rings. The van der Waals surface area contributed by atoms with E-state index in [0.29, 0.717) is 11.5 Å². The Morgan fingerprint density at radius 3 is 1.48 bits per heavy atom. The molecule has 0 unspecified atom stereocenters. The lowest BCUT2D eigenvalue weighted by Crippen LogP contribution is -2.13. The van der Waals surface area contributed by atoms with Crippen LogP contribution in [-0.2, 0) is 4.74 Å². The number of esters is 2. The van der Waals surface area contributed by atoms with E-state index in [9.17, 15) is 19.8 Å². The molecule has 0 atom stereocenters. The molecule has 0 spiro atoms. The van der Waals surface area contributed by atoms with E-state index in [4.69, 9.17) is 9.47 Å². The third-order valence-corrected chi connectivity index (χ3v) is 3.04. The average molecular weight is 318 g/mol. The van der Waals surface area contributed by atoms with Crippen LogP contribution in [0, 0.1) is 0 Å². The normalized spacial score (nSPS) is 10.0. The Hall–Kier alpha value is -3.22. The summed E-state index contributed by atoms with van der Waals surface area (Å²) in [5.41, 5.74) is -0.403. The standard InChI is InChI=1S/C16H14O7/c1-21-9-3-5-11(13(17)7-9)15(19)23-16(20)12-6-4-10(22-2)8-14(12)18/h3-8,17-18H,1-2H3. The van der Waals surface area contributed by atoms with Crippen molar-refractivity contribution in [1.82, 2.24) is 0 Å². The zero-order valence-electron chi connectivity index (χ0n) is 12.4. The number of hydrogen-bond acceptors (Lipinski definition) is 7. The van der Waals surface area contributed by atoms with Crippen LogP contribution in [-0.4, -0.2) is 36.4 Å². The maximum Gasteiger partial charge on any atom is 0.349 e. The minimum atomic E-state index is -1.05. The molecule has 0 aliphatic heterocycles. The van der Waals surface area contributed by atoms with E-state index in [-0.39, 0.29) is 22.6 Å². The molecule has 0 saturated heterocycles. The first-order valence-corrected chi connectivity index (χ1v) is 6.46. The van der Waals surface area contributed by atoms with Gasteiger partial charge in [0.15, 0.2) is 0 Å². The molecule has 0 saturated carbocycles. The lowest BCUT2D eigenvalue weighted by molar-refractivity contribution is 0.0394. The zero-order chi connectivity index (χ0) is 17.0. The SMILES string of the molecule is COc1ccc(C(=O)OC(=O)c2ccc(OC)cc2O)c(O)c1. The molecule has 7 nitrogen and oxygen atoms in total. The molecule has 120 valence electrons.